The van der Waals surface area contributed by atoms with Gasteiger partial charge in [-0.15, -0.1) is 0 Å². The molecule has 1 N–H and O–H groups in total. The van der Waals surface area contributed by atoms with E-state index in [4.69, 9.17) is 4.74 Å². The fourth-order valence-corrected chi connectivity index (χ4v) is 3.04. The molecule has 0 spiro atoms. The molecule has 1 saturated heterocycles. The van der Waals surface area contributed by atoms with E-state index in [9.17, 15) is 14.4 Å². The van der Waals surface area contributed by atoms with Gasteiger partial charge in [-0.1, -0.05) is 48.0 Å². The molecule has 3 aromatic rings. The summed E-state index contributed by atoms with van der Waals surface area (Å²) in [6, 6.07) is 22.4. The van der Waals surface area contributed by atoms with Gasteiger partial charge in [0.15, 0.2) is 0 Å². The van der Waals surface area contributed by atoms with Crippen LogP contribution in [0.4, 0.5) is 10.5 Å². The quantitative estimate of drug-likeness (QED) is 0.520. The number of nitrogens with one attached hydrogen (secondary N) is 1. The Kier molecular flexibility index (Phi) is 5.13. The molecule has 1 fully saturated rings. The molecule has 1 aliphatic heterocycles. The Morgan fingerprint density at radius 3 is 2.27 bits per heavy atom. The Balaban J connectivity index is 1.64. The number of urea groups is 1. The zero-order valence-electron chi connectivity index (χ0n) is 16.2. The first-order valence-corrected chi connectivity index (χ1v) is 9.32. The van der Waals surface area contributed by atoms with Crippen LogP contribution < -0.4 is 15.0 Å². The van der Waals surface area contributed by atoms with Crippen molar-refractivity contribution in [3.63, 3.8) is 0 Å². The van der Waals surface area contributed by atoms with Crippen LogP contribution in [0.1, 0.15) is 11.1 Å². The van der Waals surface area contributed by atoms with Crippen LogP contribution in [0.2, 0.25) is 0 Å². The first-order valence-electron chi connectivity index (χ1n) is 9.32. The molecule has 3 aromatic carbocycles. The largest absolute Gasteiger partial charge is 0.457 e. The first-order chi connectivity index (χ1) is 14.5. The van der Waals surface area contributed by atoms with Gasteiger partial charge in [-0.3, -0.25) is 14.9 Å². The van der Waals surface area contributed by atoms with Gasteiger partial charge in [0.05, 0.1) is 5.69 Å². The highest BCUT2D eigenvalue weighted by Crippen LogP contribution is 2.25. The predicted octanol–water partition coefficient (Wildman–Crippen LogP) is 4.45. The van der Waals surface area contributed by atoms with Gasteiger partial charge in [0.1, 0.15) is 17.1 Å². The van der Waals surface area contributed by atoms with Gasteiger partial charge < -0.3 is 4.74 Å². The number of benzene rings is 3. The SMILES string of the molecule is Cc1ccc(N2C(=O)NC(=O)C(=Cc3cccc(Oc4ccccc4)c3)C2=O)cc1. The van der Waals surface area contributed by atoms with Crippen molar-refractivity contribution in [2.24, 2.45) is 0 Å². The van der Waals surface area contributed by atoms with E-state index >= 15 is 0 Å². The minimum Gasteiger partial charge on any atom is -0.457 e. The number of hydrogen-bond acceptors (Lipinski definition) is 4. The highest BCUT2D eigenvalue weighted by atomic mass is 16.5. The minimum atomic E-state index is -0.771. The lowest BCUT2D eigenvalue weighted by molar-refractivity contribution is -0.122. The molecule has 148 valence electrons. The molecule has 4 rings (SSSR count). The Hall–Kier alpha value is -4.19. The average Bonchev–Trinajstić information content (AvgIpc) is 2.73. The van der Waals surface area contributed by atoms with Crippen LogP contribution in [-0.2, 0) is 9.59 Å². The van der Waals surface area contributed by atoms with E-state index in [2.05, 4.69) is 5.32 Å². The summed E-state index contributed by atoms with van der Waals surface area (Å²) >= 11 is 0. The molecule has 6 nitrogen and oxygen atoms in total. The molecule has 0 bridgehead atoms. The molecular formula is C24H18N2O4. The van der Waals surface area contributed by atoms with Gasteiger partial charge in [-0.2, -0.15) is 0 Å². The van der Waals surface area contributed by atoms with E-state index in [1.807, 2.05) is 37.3 Å². The van der Waals surface area contributed by atoms with Crippen LogP contribution >= 0.6 is 0 Å². The fraction of sp³-hybridized carbons (Fsp3) is 0.0417. The molecule has 0 aromatic heterocycles. The highest BCUT2D eigenvalue weighted by molar-refractivity contribution is 6.39. The Morgan fingerprint density at radius 2 is 1.53 bits per heavy atom. The molecule has 0 atom stereocenters. The maximum Gasteiger partial charge on any atom is 0.335 e. The van der Waals surface area contributed by atoms with Crippen molar-refractivity contribution in [3.05, 3.63) is 95.6 Å². The van der Waals surface area contributed by atoms with Crippen LogP contribution in [0.3, 0.4) is 0 Å². The third-order valence-corrected chi connectivity index (χ3v) is 4.54. The topological polar surface area (TPSA) is 75.7 Å². The maximum absolute atomic E-state index is 13.0. The third kappa shape index (κ3) is 3.98. The van der Waals surface area contributed by atoms with Crippen LogP contribution in [-0.4, -0.2) is 17.8 Å². The summed E-state index contributed by atoms with van der Waals surface area (Å²) in [5.74, 6) is -0.180. The lowest BCUT2D eigenvalue weighted by Gasteiger charge is -2.26. The molecule has 30 heavy (non-hydrogen) atoms. The standard InChI is InChI=1S/C24H18N2O4/c1-16-10-12-18(13-11-16)26-23(28)21(22(27)25-24(26)29)15-17-6-5-9-20(14-17)30-19-7-3-2-4-8-19/h2-15H,1H3,(H,25,27,29). The second-order valence-corrected chi connectivity index (χ2v) is 6.78. The lowest BCUT2D eigenvalue weighted by Crippen LogP contribution is -2.54. The summed E-state index contributed by atoms with van der Waals surface area (Å²) in [5.41, 5.74) is 1.85. The number of carbonyl (C=O) groups excluding carboxylic acids is 3. The molecule has 0 unspecified atom stereocenters. The van der Waals surface area contributed by atoms with Crippen LogP contribution in [0.15, 0.2) is 84.4 Å². The summed E-state index contributed by atoms with van der Waals surface area (Å²) in [6.45, 7) is 1.90. The summed E-state index contributed by atoms with van der Waals surface area (Å²) in [5, 5.41) is 2.23. The average molecular weight is 398 g/mol. The highest BCUT2D eigenvalue weighted by Gasteiger charge is 2.36. The van der Waals surface area contributed by atoms with Crippen molar-refractivity contribution in [1.29, 1.82) is 0 Å². The van der Waals surface area contributed by atoms with E-state index in [1.165, 1.54) is 6.08 Å². The number of barbiturate groups is 1. The van der Waals surface area contributed by atoms with Crippen molar-refractivity contribution < 1.29 is 19.1 Å². The van der Waals surface area contributed by atoms with E-state index < -0.39 is 17.8 Å². The predicted molar refractivity (Wildman–Crippen MR) is 113 cm³/mol. The normalized spacial score (nSPS) is 15.3. The van der Waals surface area contributed by atoms with Crippen LogP contribution in [0.25, 0.3) is 6.08 Å². The van der Waals surface area contributed by atoms with Crippen molar-refractivity contribution in [1.82, 2.24) is 5.32 Å². The van der Waals surface area contributed by atoms with Gasteiger partial charge in [0.2, 0.25) is 0 Å². The van der Waals surface area contributed by atoms with Gasteiger partial charge in [-0.05, 0) is 55.0 Å². The third-order valence-electron chi connectivity index (χ3n) is 4.54. The van der Waals surface area contributed by atoms with Gasteiger partial charge in [-0.25, -0.2) is 9.69 Å². The number of imide groups is 2. The lowest BCUT2D eigenvalue weighted by atomic mass is 10.1. The second-order valence-electron chi connectivity index (χ2n) is 6.78. The fourth-order valence-electron chi connectivity index (χ4n) is 3.04. The number of hydrogen-bond donors (Lipinski definition) is 1. The molecule has 1 aliphatic rings. The van der Waals surface area contributed by atoms with Crippen LogP contribution in [0, 0.1) is 6.92 Å². The van der Waals surface area contributed by atoms with E-state index in [0.717, 1.165) is 10.5 Å². The smallest absolute Gasteiger partial charge is 0.335 e. The molecule has 1 heterocycles. The van der Waals surface area contributed by atoms with Crippen LogP contribution in [0.5, 0.6) is 11.5 Å². The number of aryl methyl sites for hydroxylation is 1. The number of para-hydroxylation sites is 1. The van der Waals surface area contributed by atoms with Crippen molar-refractivity contribution in [3.8, 4) is 11.5 Å². The molecule has 0 saturated carbocycles. The summed E-state index contributed by atoms with van der Waals surface area (Å²) in [6.07, 6.45) is 1.45. The van der Waals surface area contributed by atoms with Crippen molar-refractivity contribution >= 4 is 29.6 Å². The second kappa shape index (κ2) is 8.05. The maximum atomic E-state index is 13.0. The molecule has 0 radical (unpaired) electrons. The summed E-state index contributed by atoms with van der Waals surface area (Å²) in [4.78, 5) is 38.5. The number of carbonyl (C=O) groups is 3. The number of ether oxygens (including phenoxy) is 1. The van der Waals surface area contributed by atoms with Gasteiger partial charge in [0, 0.05) is 0 Å². The van der Waals surface area contributed by atoms with E-state index in [-0.39, 0.29) is 5.57 Å². The Labute approximate surface area is 173 Å². The number of amides is 4. The minimum absolute atomic E-state index is 0.132. The molecule has 0 aliphatic carbocycles. The Bertz CT molecular complexity index is 1150. The van der Waals surface area contributed by atoms with Gasteiger partial charge in [0.25, 0.3) is 11.8 Å². The van der Waals surface area contributed by atoms with E-state index in [0.29, 0.717) is 22.7 Å². The van der Waals surface area contributed by atoms with Gasteiger partial charge >= 0.3 is 6.03 Å². The van der Waals surface area contributed by atoms with Crippen molar-refractivity contribution in [2.45, 2.75) is 6.92 Å². The Morgan fingerprint density at radius 1 is 0.833 bits per heavy atom. The first kappa shape index (κ1) is 19.1. The van der Waals surface area contributed by atoms with E-state index in [1.54, 1.807) is 48.5 Å². The summed E-state index contributed by atoms with van der Waals surface area (Å²) in [7, 11) is 0. The zero-order chi connectivity index (χ0) is 21.1. The molecular weight excluding hydrogens is 380 g/mol. The van der Waals surface area contributed by atoms with Crippen molar-refractivity contribution in [2.75, 3.05) is 4.90 Å². The molecule has 4 amide bonds. The monoisotopic (exact) mass is 398 g/mol. The number of nitrogens with zero attached hydrogens (tertiary/aromatic N) is 1. The molecule has 6 heteroatoms. The number of rotatable bonds is 4. The zero-order valence-corrected chi connectivity index (χ0v) is 16.2. The number of anilines is 1. The summed E-state index contributed by atoms with van der Waals surface area (Å²) < 4.78 is 5.80.